The number of carbonyl (C=O) groups is 1. The van der Waals surface area contributed by atoms with Crippen LogP contribution >= 0.6 is 0 Å². The van der Waals surface area contributed by atoms with E-state index in [9.17, 15) is 19.5 Å². The molecule has 3 N–H and O–H groups in total. The van der Waals surface area contributed by atoms with Gasteiger partial charge in [-0.15, -0.1) is 20.4 Å². The summed E-state index contributed by atoms with van der Waals surface area (Å²) in [6.45, 7) is -0.370. The van der Waals surface area contributed by atoms with Gasteiger partial charge in [0, 0.05) is 5.56 Å². The van der Waals surface area contributed by atoms with E-state index in [1.54, 1.807) is 12.1 Å². The molecule has 3 aromatic rings. The molecule has 12 heteroatoms. The molecule has 126 valence electrons. The number of aromatic nitrogens is 6. The van der Waals surface area contributed by atoms with E-state index in [0.29, 0.717) is 5.82 Å². The van der Waals surface area contributed by atoms with Crippen molar-refractivity contribution in [2.24, 2.45) is 10.2 Å². The number of nitrogens with zero attached hydrogens (tertiary/aromatic N) is 6. The molecule has 0 saturated heterocycles. The van der Waals surface area contributed by atoms with Crippen molar-refractivity contribution in [1.82, 2.24) is 30.2 Å². The molecule has 2 heterocycles. The number of aromatic amines is 2. The minimum Gasteiger partial charge on any atom is -0.493 e. The average Bonchev–Trinajstić information content (AvgIpc) is 3.03. The van der Waals surface area contributed by atoms with Crippen LogP contribution in [0.1, 0.15) is 0 Å². The third-order valence-corrected chi connectivity index (χ3v) is 2.92. The largest absolute Gasteiger partial charge is 0.493 e. The van der Waals surface area contributed by atoms with Gasteiger partial charge >= 0.3 is 5.69 Å². The molecule has 0 fully saturated rings. The Hall–Kier alpha value is -3.96. The Morgan fingerprint density at radius 3 is 2.68 bits per heavy atom. The van der Waals surface area contributed by atoms with Gasteiger partial charge in [0.25, 0.3) is 11.5 Å². The third-order valence-electron chi connectivity index (χ3n) is 2.92. The van der Waals surface area contributed by atoms with Gasteiger partial charge in [-0.2, -0.15) is 4.80 Å². The molecule has 1 amide bonds. The topological polar surface area (TPSA) is 171 Å². The number of rotatable bonds is 4. The van der Waals surface area contributed by atoms with Gasteiger partial charge in [-0.3, -0.25) is 19.6 Å². The third kappa shape index (κ3) is 3.69. The van der Waals surface area contributed by atoms with Crippen LogP contribution in [0.4, 0.5) is 5.69 Å². The van der Waals surface area contributed by atoms with Gasteiger partial charge in [-0.05, 0) is 5.21 Å². The number of nitrogens with one attached hydrogen (secondary N) is 2. The number of hydrogen-bond donors (Lipinski definition) is 3. The summed E-state index contributed by atoms with van der Waals surface area (Å²) < 4.78 is 0. The van der Waals surface area contributed by atoms with E-state index in [2.05, 4.69) is 25.6 Å². The van der Waals surface area contributed by atoms with E-state index in [0.717, 1.165) is 10.4 Å². The van der Waals surface area contributed by atoms with Gasteiger partial charge in [0.05, 0.1) is 0 Å². The van der Waals surface area contributed by atoms with Crippen molar-refractivity contribution < 1.29 is 9.90 Å². The van der Waals surface area contributed by atoms with Crippen LogP contribution in [0, 0.1) is 0 Å². The first kappa shape index (κ1) is 15.9. The fourth-order valence-electron chi connectivity index (χ4n) is 1.83. The highest BCUT2D eigenvalue weighted by Crippen LogP contribution is 2.16. The number of aromatic hydroxyl groups is 1. The quantitative estimate of drug-likeness (QED) is 0.547. The van der Waals surface area contributed by atoms with Gasteiger partial charge in [0.15, 0.2) is 0 Å². The normalized spacial score (nSPS) is 11.0. The second-order valence-electron chi connectivity index (χ2n) is 4.71. The minimum absolute atomic E-state index is 0.333. The molecule has 0 spiro atoms. The standard InChI is InChI=1S/C13H10N8O4/c22-8(16-17-9-11(23)14-13(25)15-12(9)24)6-21-19-10(18-20-21)7-4-2-1-3-5-7/h1-5H,6H2,(H3,14,15,23,24,25). The Kier molecular flexibility index (Phi) is 4.24. The van der Waals surface area contributed by atoms with Gasteiger partial charge in [-0.1, -0.05) is 30.3 Å². The van der Waals surface area contributed by atoms with Gasteiger partial charge < -0.3 is 5.11 Å². The van der Waals surface area contributed by atoms with E-state index in [1.165, 1.54) is 0 Å². The summed E-state index contributed by atoms with van der Waals surface area (Å²) in [4.78, 5) is 38.9. The summed E-state index contributed by atoms with van der Waals surface area (Å²) in [6.07, 6.45) is 0. The first-order valence-electron chi connectivity index (χ1n) is 6.86. The minimum atomic E-state index is -0.983. The van der Waals surface area contributed by atoms with E-state index in [1.807, 2.05) is 28.2 Å². The predicted octanol–water partition coefficient (Wildman–Crippen LogP) is -0.267. The Morgan fingerprint density at radius 1 is 1.20 bits per heavy atom. The van der Waals surface area contributed by atoms with Crippen LogP contribution in [-0.4, -0.2) is 41.2 Å². The zero-order valence-corrected chi connectivity index (χ0v) is 12.4. The Bertz CT molecular complexity index is 1050. The smallest absolute Gasteiger partial charge is 0.328 e. The Labute approximate surface area is 137 Å². The van der Waals surface area contributed by atoms with Crippen molar-refractivity contribution in [2.45, 2.75) is 6.54 Å². The van der Waals surface area contributed by atoms with E-state index >= 15 is 0 Å². The highest BCUT2D eigenvalue weighted by Gasteiger charge is 2.11. The molecule has 3 rings (SSSR count). The fraction of sp³-hybridized carbons (Fsp3) is 0.0769. The number of hydrogen-bond acceptors (Lipinski definition) is 8. The van der Waals surface area contributed by atoms with Gasteiger partial charge in [-0.25, -0.2) is 4.79 Å². The van der Waals surface area contributed by atoms with Crippen molar-refractivity contribution >= 4 is 11.6 Å². The molecule has 2 aromatic heterocycles. The lowest BCUT2D eigenvalue weighted by molar-refractivity contribution is -0.119. The van der Waals surface area contributed by atoms with Crippen LogP contribution in [0.3, 0.4) is 0 Å². The van der Waals surface area contributed by atoms with Crippen LogP contribution < -0.4 is 11.2 Å². The number of H-pyrrole nitrogens is 2. The van der Waals surface area contributed by atoms with Crippen molar-refractivity contribution in [3.63, 3.8) is 0 Å². The first-order valence-corrected chi connectivity index (χ1v) is 6.86. The molecule has 0 aliphatic heterocycles. The summed E-state index contributed by atoms with van der Waals surface area (Å²) in [6, 6.07) is 9.03. The lowest BCUT2D eigenvalue weighted by atomic mass is 10.2. The summed E-state index contributed by atoms with van der Waals surface area (Å²) in [5.74, 6) is -1.25. The Balaban J connectivity index is 1.73. The second kappa shape index (κ2) is 6.66. The second-order valence-corrected chi connectivity index (χ2v) is 4.71. The number of benzene rings is 1. The molecule has 0 aliphatic carbocycles. The zero-order valence-electron chi connectivity index (χ0n) is 12.4. The van der Waals surface area contributed by atoms with Crippen LogP contribution in [0.2, 0.25) is 0 Å². The van der Waals surface area contributed by atoms with Crippen molar-refractivity contribution in [3.8, 4) is 17.3 Å². The molecule has 0 unspecified atom stereocenters. The lowest BCUT2D eigenvalue weighted by Gasteiger charge is -1.95. The number of azo groups is 1. The number of amides is 1. The highest BCUT2D eigenvalue weighted by molar-refractivity contribution is 5.76. The summed E-state index contributed by atoms with van der Waals surface area (Å²) in [5.41, 5.74) is -1.76. The molecule has 0 aliphatic rings. The highest BCUT2D eigenvalue weighted by atomic mass is 16.3. The molecule has 0 bridgehead atoms. The number of tetrazole rings is 1. The Morgan fingerprint density at radius 2 is 1.96 bits per heavy atom. The van der Waals surface area contributed by atoms with Crippen LogP contribution in [0.15, 0.2) is 50.1 Å². The van der Waals surface area contributed by atoms with E-state index < -0.39 is 28.7 Å². The molecular formula is C13H10N8O4. The molecular weight excluding hydrogens is 332 g/mol. The van der Waals surface area contributed by atoms with Crippen LogP contribution in [0.5, 0.6) is 5.88 Å². The monoisotopic (exact) mass is 342 g/mol. The summed E-state index contributed by atoms with van der Waals surface area (Å²) in [5, 5.41) is 27.6. The molecule has 0 atom stereocenters. The SMILES string of the molecule is O=C(Cn1nnc(-c2ccccc2)n1)N=Nc1c(O)[nH]c(=O)[nH]c1=O. The predicted molar refractivity (Wildman–Crippen MR) is 82.1 cm³/mol. The number of carbonyl (C=O) groups excluding carboxylic acids is 1. The maximum Gasteiger partial charge on any atom is 0.328 e. The maximum absolute atomic E-state index is 11.8. The summed E-state index contributed by atoms with van der Waals surface area (Å²) in [7, 11) is 0. The van der Waals surface area contributed by atoms with E-state index in [-0.39, 0.29) is 6.54 Å². The molecule has 0 saturated carbocycles. The van der Waals surface area contributed by atoms with E-state index in [4.69, 9.17) is 0 Å². The fourth-order valence-corrected chi connectivity index (χ4v) is 1.83. The average molecular weight is 342 g/mol. The lowest BCUT2D eigenvalue weighted by Crippen LogP contribution is -2.21. The summed E-state index contributed by atoms with van der Waals surface area (Å²) >= 11 is 0. The first-order chi connectivity index (χ1) is 12.0. The molecule has 12 nitrogen and oxygen atoms in total. The van der Waals surface area contributed by atoms with Crippen LogP contribution in [-0.2, 0) is 11.3 Å². The van der Waals surface area contributed by atoms with Gasteiger partial charge in [0.1, 0.15) is 6.54 Å². The molecule has 0 radical (unpaired) electrons. The molecule has 1 aromatic carbocycles. The zero-order chi connectivity index (χ0) is 17.8. The van der Waals surface area contributed by atoms with Gasteiger partial charge in [0.2, 0.25) is 17.4 Å². The van der Waals surface area contributed by atoms with Crippen LogP contribution in [0.25, 0.3) is 11.4 Å². The van der Waals surface area contributed by atoms with Crippen molar-refractivity contribution in [1.29, 1.82) is 0 Å². The molecule has 25 heavy (non-hydrogen) atoms. The maximum atomic E-state index is 11.8. The van der Waals surface area contributed by atoms with Crippen molar-refractivity contribution in [2.75, 3.05) is 0 Å². The van der Waals surface area contributed by atoms with Crippen molar-refractivity contribution in [3.05, 3.63) is 51.2 Å².